The van der Waals surface area contributed by atoms with Crippen LogP contribution in [0.15, 0.2) is 60.7 Å². The SMILES string of the molecule is Cc1cc(C)c(N(c2cc(O)c(C)cc2C)c2ccccc2Oc2ccc(O)c(C)c2C)cc1O. The molecule has 180 valence electrons. The Hall–Kier alpha value is -4.12. The van der Waals surface area contributed by atoms with E-state index in [2.05, 4.69) is 0 Å². The Kier molecular flexibility index (Phi) is 6.35. The van der Waals surface area contributed by atoms with Gasteiger partial charge in [-0.1, -0.05) is 24.3 Å². The fourth-order valence-corrected chi connectivity index (χ4v) is 4.27. The van der Waals surface area contributed by atoms with Gasteiger partial charge < -0.3 is 25.0 Å². The fraction of sp³-hybridized carbons (Fsp3) is 0.200. The third-order valence-corrected chi connectivity index (χ3v) is 6.55. The number of aryl methyl sites for hydroxylation is 4. The molecule has 0 unspecified atom stereocenters. The molecule has 0 radical (unpaired) electrons. The maximum atomic E-state index is 10.6. The molecule has 0 heterocycles. The molecule has 0 atom stereocenters. The smallest absolute Gasteiger partial charge is 0.151 e. The van der Waals surface area contributed by atoms with Gasteiger partial charge in [0.15, 0.2) is 5.75 Å². The number of aromatic hydroxyl groups is 3. The first-order chi connectivity index (χ1) is 16.6. The van der Waals surface area contributed by atoms with E-state index in [1.807, 2.05) is 82.8 Å². The van der Waals surface area contributed by atoms with E-state index in [0.717, 1.165) is 50.4 Å². The van der Waals surface area contributed by atoms with Gasteiger partial charge in [0, 0.05) is 12.1 Å². The lowest BCUT2D eigenvalue weighted by Gasteiger charge is -2.30. The summed E-state index contributed by atoms with van der Waals surface area (Å²) in [5, 5.41) is 31.3. The molecule has 5 nitrogen and oxygen atoms in total. The molecule has 0 aliphatic rings. The first kappa shape index (κ1) is 24.0. The highest BCUT2D eigenvalue weighted by molar-refractivity contribution is 5.84. The van der Waals surface area contributed by atoms with Gasteiger partial charge in [-0.3, -0.25) is 0 Å². The number of nitrogens with zero attached hydrogens (tertiary/aromatic N) is 1. The zero-order valence-corrected chi connectivity index (χ0v) is 21.0. The van der Waals surface area contributed by atoms with E-state index >= 15 is 0 Å². The molecular formula is C30H31NO4. The lowest BCUT2D eigenvalue weighted by molar-refractivity contribution is 0.458. The average molecular weight is 470 g/mol. The van der Waals surface area contributed by atoms with Crippen molar-refractivity contribution in [1.82, 2.24) is 0 Å². The third-order valence-electron chi connectivity index (χ3n) is 6.55. The van der Waals surface area contributed by atoms with Crippen LogP contribution in [0.25, 0.3) is 0 Å². The van der Waals surface area contributed by atoms with Crippen molar-refractivity contribution >= 4 is 17.1 Å². The number of hydrogen-bond donors (Lipinski definition) is 3. The number of ether oxygens (including phenoxy) is 1. The van der Waals surface area contributed by atoms with Crippen molar-refractivity contribution in [3.63, 3.8) is 0 Å². The van der Waals surface area contributed by atoms with Crippen molar-refractivity contribution in [2.24, 2.45) is 0 Å². The van der Waals surface area contributed by atoms with Gasteiger partial charge >= 0.3 is 0 Å². The highest BCUT2D eigenvalue weighted by Gasteiger charge is 2.23. The van der Waals surface area contributed by atoms with Gasteiger partial charge in [0.25, 0.3) is 0 Å². The fourth-order valence-electron chi connectivity index (χ4n) is 4.27. The van der Waals surface area contributed by atoms with E-state index < -0.39 is 0 Å². The van der Waals surface area contributed by atoms with E-state index in [9.17, 15) is 15.3 Å². The first-order valence-electron chi connectivity index (χ1n) is 11.5. The van der Waals surface area contributed by atoms with Gasteiger partial charge in [-0.05, 0) is 99.2 Å². The van der Waals surface area contributed by atoms with Crippen LogP contribution in [-0.4, -0.2) is 15.3 Å². The molecule has 3 N–H and O–H groups in total. The molecule has 0 saturated heterocycles. The number of anilines is 3. The molecule has 4 aromatic rings. The molecule has 0 bridgehead atoms. The second kappa shape index (κ2) is 9.26. The van der Waals surface area contributed by atoms with Crippen LogP contribution in [0.5, 0.6) is 28.7 Å². The quantitative estimate of drug-likeness (QED) is 0.277. The maximum absolute atomic E-state index is 10.6. The van der Waals surface area contributed by atoms with Crippen LogP contribution in [-0.2, 0) is 0 Å². The van der Waals surface area contributed by atoms with Crippen LogP contribution < -0.4 is 9.64 Å². The van der Waals surface area contributed by atoms with Gasteiger partial charge in [-0.25, -0.2) is 0 Å². The van der Waals surface area contributed by atoms with Gasteiger partial charge in [0.05, 0.1) is 17.1 Å². The second-order valence-corrected chi connectivity index (χ2v) is 9.09. The molecule has 4 rings (SSSR count). The van der Waals surface area contributed by atoms with Crippen molar-refractivity contribution in [1.29, 1.82) is 0 Å². The Balaban J connectivity index is 1.96. The minimum atomic E-state index is 0.188. The minimum Gasteiger partial charge on any atom is -0.508 e. The Labute approximate surface area is 206 Å². The summed E-state index contributed by atoms with van der Waals surface area (Å²) in [7, 11) is 0. The number of phenols is 3. The van der Waals surface area contributed by atoms with Crippen molar-refractivity contribution in [2.45, 2.75) is 41.5 Å². The second-order valence-electron chi connectivity index (χ2n) is 9.09. The van der Waals surface area contributed by atoms with Crippen LogP contribution in [0.3, 0.4) is 0 Å². The Bertz CT molecular complexity index is 1370. The molecule has 0 amide bonds. The topological polar surface area (TPSA) is 73.2 Å². The lowest BCUT2D eigenvalue weighted by atomic mass is 10.0. The molecule has 4 aromatic carbocycles. The number of hydrogen-bond acceptors (Lipinski definition) is 5. The molecule has 0 aliphatic carbocycles. The number of phenolic OH excluding ortho intramolecular Hbond substituents is 3. The molecular weight excluding hydrogens is 438 g/mol. The van der Waals surface area contributed by atoms with Crippen LogP contribution in [0.4, 0.5) is 17.1 Å². The van der Waals surface area contributed by atoms with Crippen LogP contribution in [0, 0.1) is 41.5 Å². The Morgan fingerprint density at radius 2 is 1.06 bits per heavy atom. The largest absolute Gasteiger partial charge is 0.508 e. The summed E-state index contributed by atoms with van der Waals surface area (Å²) in [4.78, 5) is 2.00. The van der Waals surface area contributed by atoms with Gasteiger partial charge in [0.2, 0.25) is 0 Å². The molecule has 5 heteroatoms. The summed E-state index contributed by atoms with van der Waals surface area (Å²) in [6.45, 7) is 11.5. The lowest BCUT2D eigenvalue weighted by Crippen LogP contribution is -2.14. The van der Waals surface area contributed by atoms with Gasteiger partial charge in [-0.2, -0.15) is 0 Å². The van der Waals surface area contributed by atoms with Crippen molar-refractivity contribution in [3.8, 4) is 28.7 Å². The summed E-state index contributed by atoms with van der Waals surface area (Å²) in [6.07, 6.45) is 0. The first-order valence-corrected chi connectivity index (χ1v) is 11.5. The standard InChI is InChI=1S/C30H31NO4/c1-17-13-19(3)27(33)15-24(17)31(25-16-28(34)20(4)14-18(25)2)23-9-7-8-10-30(23)35-29-12-11-26(32)21(5)22(29)6/h7-16,32-34H,1-6H3. The Morgan fingerprint density at radius 3 is 1.63 bits per heavy atom. The maximum Gasteiger partial charge on any atom is 0.151 e. The van der Waals surface area contributed by atoms with E-state index in [4.69, 9.17) is 4.74 Å². The summed E-state index contributed by atoms with van der Waals surface area (Å²) in [6, 6.07) is 18.4. The summed E-state index contributed by atoms with van der Waals surface area (Å²) < 4.78 is 6.41. The molecule has 35 heavy (non-hydrogen) atoms. The number of para-hydroxylation sites is 2. The normalized spacial score (nSPS) is 10.9. The average Bonchev–Trinajstić information content (AvgIpc) is 2.82. The summed E-state index contributed by atoms with van der Waals surface area (Å²) in [5.74, 6) is 1.83. The number of rotatable bonds is 5. The third kappa shape index (κ3) is 4.50. The zero-order chi connectivity index (χ0) is 25.4. The number of benzene rings is 4. The Morgan fingerprint density at radius 1 is 0.514 bits per heavy atom. The van der Waals surface area contributed by atoms with Gasteiger partial charge in [-0.15, -0.1) is 0 Å². The zero-order valence-electron chi connectivity index (χ0n) is 21.0. The molecule has 0 aliphatic heterocycles. The van der Waals surface area contributed by atoms with Crippen LogP contribution in [0.1, 0.15) is 33.4 Å². The van der Waals surface area contributed by atoms with Crippen molar-refractivity contribution in [2.75, 3.05) is 4.90 Å². The van der Waals surface area contributed by atoms with E-state index in [1.54, 1.807) is 24.3 Å². The van der Waals surface area contributed by atoms with Crippen molar-refractivity contribution in [3.05, 3.63) is 94.0 Å². The van der Waals surface area contributed by atoms with Gasteiger partial charge in [0.1, 0.15) is 23.0 Å². The van der Waals surface area contributed by atoms with E-state index in [1.165, 1.54) is 0 Å². The molecule has 0 aromatic heterocycles. The van der Waals surface area contributed by atoms with Crippen LogP contribution >= 0.6 is 0 Å². The summed E-state index contributed by atoms with van der Waals surface area (Å²) >= 11 is 0. The van der Waals surface area contributed by atoms with E-state index in [0.29, 0.717) is 11.5 Å². The minimum absolute atomic E-state index is 0.188. The molecule has 0 saturated carbocycles. The highest BCUT2D eigenvalue weighted by atomic mass is 16.5. The monoisotopic (exact) mass is 469 g/mol. The molecule has 0 fully saturated rings. The summed E-state index contributed by atoms with van der Waals surface area (Å²) in [5.41, 5.74) is 7.40. The molecule has 0 spiro atoms. The van der Waals surface area contributed by atoms with Crippen LogP contribution in [0.2, 0.25) is 0 Å². The predicted octanol–water partition coefficient (Wildman–Crippen LogP) is 7.92. The highest BCUT2D eigenvalue weighted by Crippen LogP contribution is 2.46. The van der Waals surface area contributed by atoms with E-state index in [-0.39, 0.29) is 17.2 Å². The predicted molar refractivity (Wildman–Crippen MR) is 141 cm³/mol. The van der Waals surface area contributed by atoms with Crippen molar-refractivity contribution < 1.29 is 20.1 Å².